The Balaban J connectivity index is 3.05. The third-order valence-electron chi connectivity index (χ3n) is 0.833. The van der Waals surface area contributed by atoms with Gasteiger partial charge in [-0.3, -0.25) is 0 Å². The SMILES string of the molecule is C=C(Br)CCC(C)O. The monoisotopic (exact) mass is 178 g/mol. The normalized spacial score (nSPS) is 13.4. The maximum absolute atomic E-state index is 8.74. The number of rotatable bonds is 3. The molecule has 48 valence electrons. The number of halogens is 1. The van der Waals surface area contributed by atoms with Gasteiger partial charge in [-0.1, -0.05) is 22.5 Å². The van der Waals surface area contributed by atoms with Gasteiger partial charge >= 0.3 is 0 Å². The van der Waals surface area contributed by atoms with Crippen LogP contribution >= 0.6 is 15.9 Å². The van der Waals surface area contributed by atoms with Gasteiger partial charge in [0.05, 0.1) is 6.10 Å². The van der Waals surface area contributed by atoms with E-state index in [1.165, 1.54) is 0 Å². The zero-order chi connectivity index (χ0) is 6.57. The van der Waals surface area contributed by atoms with E-state index in [4.69, 9.17) is 5.11 Å². The quantitative estimate of drug-likeness (QED) is 0.702. The molecule has 0 aromatic carbocycles. The lowest BCUT2D eigenvalue weighted by Gasteiger charge is -1.99. The molecular weight excluding hydrogens is 168 g/mol. The standard InChI is InChI=1S/C6H11BrO/c1-5(7)3-4-6(2)8/h6,8H,1,3-4H2,2H3. The van der Waals surface area contributed by atoms with E-state index in [1.807, 2.05) is 0 Å². The van der Waals surface area contributed by atoms with E-state index in [0.29, 0.717) is 0 Å². The molecule has 0 aromatic heterocycles. The first kappa shape index (κ1) is 8.18. The molecule has 0 radical (unpaired) electrons. The minimum Gasteiger partial charge on any atom is -0.393 e. The molecular formula is C6H11BrO. The van der Waals surface area contributed by atoms with Crippen LogP contribution in [0.3, 0.4) is 0 Å². The van der Waals surface area contributed by atoms with Crippen molar-refractivity contribution in [3.63, 3.8) is 0 Å². The van der Waals surface area contributed by atoms with Crippen LogP contribution < -0.4 is 0 Å². The Morgan fingerprint density at radius 3 is 2.50 bits per heavy atom. The molecule has 0 aliphatic rings. The second-order valence-electron chi connectivity index (χ2n) is 1.90. The second-order valence-corrected chi connectivity index (χ2v) is 3.03. The van der Waals surface area contributed by atoms with E-state index >= 15 is 0 Å². The van der Waals surface area contributed by atoms with Crippen molar-refractivity contribution in [2.45, 2.75) is 25.9 Å². The van der Waals surface area contributed by atoms with Gasteiger partial charge in [-0.15, -0.1) is 0 Å². The summed E-state index contributed by atoms with van der Waals surface area (Å²) in [6.45, 7) is 5.41. The number of aliphatic hydroxyl groups excluding tert-OH is 1. The predicted molar refractivity (Wildman–Crippen MR) is 39.0 cm³/mol. The molecule has 1 N–H and O–H groups in total. The fourth-order valence-electron chi connectivity index (χ4n) is 0.366. The Bertz CT molecular complexity index is 78.6. The van der Waals surface area contributed by atoms with E-state index in [1.54, 1.807) is 6.92 Å². The van der Waals surface area contributed by atoms with E-state index in [0.717, 1.165) is 17.3 Å². The zero-order valence-electron chi connectivity index (χ0n) is 5.02. The van der Waals surface area contributed by atoms with Crippen LogP contribution in [-0.2, 0) is 0 Å². The van der Waals surface area contributed by atoms with E-state index in [-0.39, 0.29) is 6.10 Å². The van der Waals surface area contributed by atoms with Crippen LogP contribution in [0.15, 0.2) is 11.1 Å². The number of hydrogen-bond donors (Lipinski definition) is 1. The summed E-state index contributed by atoms with van der Waals surface area (Å²) < 4.78 is 0.957. The molecule has 0 saturated carbocycles. The number of hydrogen-bond acceptors (Lipinski definition) is 1. The average molecular weight is 179 g/mol. The van der Waals surface area contributed by atoms with Crippen molar-refractivity contribution < 1.29 is 5.11 Å². The molecule has 1 unspecified atom stereocenters. The van der Waals surface area contributed by atoms with Crippen molar-refractivity contribution in [2.75, 3.05) is 0 Å². The predicted octanol–water partition coefficient (Wildman–Crippen LogP) is 2.06. The van der Waals surface area contributed by atoms with Gasteiger partial charge < -0.3 is 5.11 Å². The molecule has 0 spiro atoms. The minimum absolute atomic E-state index is 0.204. The molecule has 0 bridgehead atoms. The van der Waals surface area contributed by atoms with Gasteiger partial charge in [-0.05, 0) is 24.2 Å². The van der Waals surface area contributed by atoms with Crippen molar-refractivity contribution in [2.24, 2.45) is 0 Å². The number of allylic oxidation sites excluding steroid dienone is 1. The van der Waals surface area contributed by atoms with Crippen LogP contribution in [-0.4, -0.2) is 11.2 Å². The fraction of sp³-hybridized carbons (Fsp3) is 0.667. The van der Waals surface area contributed by atoms with Crippen LogP contribution in [0.1, 0.15) is 19.8 Å². The number of aliphatic hydroxyl groups is 1. The lowest BCUT2D eigenvalue weighted by molar-refractivity contribution is 0.185. The molecule has 0 aliphatic heterocycles. The van der Waals surface area contributed by atoms with Crippen molar-refractivity contribution in [3.8, 4) is 0 Å². The third kappa shape index (κ3) is 6.18. The fourth-order valence-corrected chi connectivity index (χ4v) is 0.594. The van der Waals surface area contributed by atoms with Crippen LogP contribution in [0.2, 0.25) is 0 Å². The van der Waals surface area contributed by atoms with Gasteiger partial charge in [-0.25, -0.2) is 0 Å². The summed E-state index contributed by atoms with van der Waals surface area (Å²) in [5, 5.41) is 8.74. The van der Waals surface area contributed by atoms with Gasteiger partial charge in [0.2, 0.25) is 0 Å². The van der Waals surface area contributed by atoms with Gasteiger partial charge in [-0.2, -0.15) is 0 Å². The maximum atomic E-state index is 8.74. The summed E-state index contributed by atoms with van der Waals surface area (Å²) >= 11 is 3.20. The first-order valence-corrected chi connectivity index (χ1v) is 3.43. The Hall–Kier alpha value is 0.180. The van der Waals surface area contributed by atoms with E-state index in [2.05, 4.69) is 22.5 Å². The zero-order valence-corrected chi connectivity index (χ0v) is 6.61. The molecule has 1 atom stereocenters. The highest BCUT2D eigenvalue weighted by Gasteiger charge is 1.94. The Labute approximate surface area is 58.5 Å². The van der Waals surface area contributed by atoms with Crippen LogP contribution in [0, 0.1) is 0 Å². The topological polar surface area (TPSA) is 20.2 Å². The molecule has 0 aromatic rings. The molecule has 2 heteroatoms. The lowest BCUT2D eigenvalue weighted by Crippen LogP contribution is -1.97. The van der Waals surface area contributed by atoms with Gasteiger partial charge in [0, 0.05) is 0 Å². The molecule has 0 saturated heterocycles. The largest absolute Gasteiger partial charge is 0.393 e. The minimum atomic E-state index is -0.204. The maximum Gasteiger partial charge on any atom is 0.0515 e. The van der Waals surface area contributed by atoms with Crippen molar-refractivity contribution in [1.82, 2.24) is 0 Å². The van der Waals surface area contributed by atoms with Gasteiger partial charge in [0.15, 0.2) is 0 Å². The van der Waals surface area contributed by atoms with Gasteiger partial charge in [0.1, 0.15) is 0 Å². The molecule has 0 amide bonds. The summed E-state index contributed by atoms with van der Waals surface area (Å²) in [6.07, 6.45) is 1.45. The van der Waals surface area contributed by atoms with Crippen molar-refractivity contribution >= 4 is 15.9 Å². The highest BCUT2D eigenvalue weighted by Crippen LogP contribution is 2.10. The molecule has 0 rings (SSSR count). The van der Waals surface area contributed by atoms with Gasteiger partial charge in [0.25, 0.3) is 0 Å². The van der Waals surface area contributed by atoms with Crippen molar-refractivity contribution in [3.05, 3.63) is 11.1 Å². The summed E-state index contributed by atoms with van der Waals surface area (Å²) in [5.41, 5.74) is 0. The Morgan fingerprint density at radius 2 is 2.38 bits per heavy atom. The summed E-state index contributed by atoms with van der Waals surface area (Å²) in [5.74, 6) is 0. The highest BCUT2D eigenvalue weighted by molar-refractivity contribution is 9.11. The molecule has 0 aliphatic carbocycles. The van der Waals surface area contributed by atoms with E-state index < -0.39 is 0 Å². The smallest absolute Gasteiger partial charge is 0.0515 e. The highest BCUT2D eigenvalue weighted by atomic mass is 79.9. The van der Waals surface area contributed by atoms with Crippen LogP contribution in [0.25, 0.3) is 0 Å². The Morgan fingerprint density at radius 1 is 1.88 bits per heavy atom. The summed E-state index contributed by atoms with van der Waals surface area (Å²) in [7, 11) is 0. The molecule has 1 nitrogen and oxygen atoms in total. The summed E-state index contributed by atoms with van der Waals surface area (Å²) in [4.78, 5) is 0. The summed E-state index contributed by atoms with van der Waals surface area (Å²) in [6, 6.07) is 0. The third-order valence-corrected chi connectivity index (χ3v) is 1.23. The van der Waals surface area contributed by atoms with E-state index in [9.17, 15) is 0 Å². The molecule has 8 heavy (non-hydrogen) atoms. The van der Waals surface area contributed by atoms with Crippen molar-refractivity contribution in [1.29, 1.82) is 0 Å². The second kappa shape index (κ2) is 4.10. The first-order chi connectivity index (χ1) is 3.63. The van der Waals surface area contributed by atoms with Crippen LogP contribution in [0.4, 0.5) is 0 Å². The average Bonchev–Trinajstić information content (AvgIpc) is 1.61. The molecule has 0 heterocycles. The Kier molecular flexibility index (Phi) is 4.19. The lowest BCUT2D eigenvalue weighted by atomic mass is 10.2. The first-order valence-electron chi connectivity index (χ1n) is 2.64. The molecule has 0 fully saturated rings. The van der Waals surface area contributed by atoms with Crippen LogP contribution in [0.5, 0.6) is 0 Å².